The number of anilines is 1. The van der Waals surface area contributed by atoms with Crippen LogP contribution in [0.5, 0.6) is 0 Å². The van der Waals surface area contributed by atoms with Crippen LogP contribution in [0.2, 0.25) is 0 Å². The molecule has 3 aromatic rings. The van der Waals surface area contributed by atoms with Crippen LogP contribution in [-0.4, -0.2) is 9.97 Å². The Balaban J connectivity index is 1.86. The lowest BCUT2D eigenvalue weighted by atomic mass is 10.1. The Morgan fingerprint density at radius 3 is 2.72 bits per heavy atom. The van der Waals surface area contributed by atoms with Crippen molar-refractivity contribution in [1.29, 1.82) is 0 Å². The van der Waals surface area contributed by atoms with Gasteiger partial charge in [-0.3, -0.25) is 0 Å². The lowest BCUT2D eigenvalue weighted by Crippen LogP contribution is -2.08. The van der Waals surface area contributed by atoms with Crippen LogP contribution in [0.25, 0.3) is 10.8 Å². The number of fused-ring (bicyclic) bond motifs is 1. The van der Waals surface area contributed by atoms with Crippen LogP contribution in [0.3, 0.4) is 0 Å². The van der Waals surface area contributed by atoms with Gasteiger partial charge in [0.2, 0.25) is 0 Å². The molecular formula is C15H15N3. The van der Waals surface area contributed by atoms with Crippen LogP contribution >= 0.6 is 0 Å². The van der Waals surface area contributed by atoms with E-state index in [1.165, 1.54) is 10.8 Å². The van der Waals surface area contributed by atoms with Crippen LogP contribution in [0, 0.1) is 0 Å². The summed E-state index contributed by atoms with van der Waals surface area (Å²) in [5.41, 5.74) is 1.11. The maximum atomic E-state index is 4.26. The number of H-pyrrole nitrogens is 1. The second-order valence-corrected chi connectivity index (χ2v) is 4.40. The first kappa shape index (κ1) is 10.8. The van der Waals surface area contributed by atoms with Crippen molar-refractivity contribution in [3.05, 3.63) is 60.7 Å². The lowest BCUT2D eigenvalue weighted by Gasteiger charge is -2.13. The molecule has 0 saturated carbocycles. The highest BCUT2D eigenvalue weighted by molar-refractivity contribution is 5.85. The predicted octanol–water partition coefficient (Wildman–Crippen LogP) is 3.74. The van der Waals surface area contributed by atoms with Gasteiger partial charge in [0.15, 0.2) is 0 Å². The van der Waals surface area contributed by atoms with Gasteiger partial charge in [-0.15, -0.1) is 0 Å². The molecule has 0 spiro atoms. The molecule has 0 bridgehead atoms. The summed E-state index contributed by atoms with van der Waals surface area (Å²) in [6.07, 6.45) is 3.61. The van der Waals surface area contributed by atoms with Crippen molar-refractivity contribution in [1.82, 2.24) is 9.97 Å². The Kier molecular flexibility index (Phi) is 2.73. The number of hydrogen-bond acceptors (Lipinski definition) is 2. The molecule has 1 unspecified atom stereocenters. The van der Waals surface area contributed by atoms with Crippen molar-refractivity contribution >= 4 is 16.5 Å². The zero-order valence-electron chi connectivity index (χ0n) is 10.2. The first-order chi connectivity index (χ1) is 8.83. The molecule has 3 heteroatoms. The molecule has 3 rings (SSSR count). The summed E-state index contributed by atoms with van der Waals surface area (Å²) in [4.78, 5) is 7.38. The maximum absolute atomic E-state index is 4.26. The quantitative estimate of drug-likeness (QED) is 0.728. The number of aromatic nitrogens is 2. The minimum absolute atomic E-state index is 0.168. The van der Waals surface area contributed by atoms with Crippen molar-refractivity contribution < 1.29 is 0 Å². The van der Waals surface area contributed by atoms with Gasteiger partial charge < -0.3 is 10.3 Å². The average Bonchev–Trinajstić information content (AvgIpc) is 2.92. The Labute approximate surface area is 106 Å². The zero-order valence-corrected chi connectivity index (χ0v) is 10.2. The number of benzene rings is 2. The Hall–Kier alpha value is -2.29. The highest BCUT2D eigenvalue weighted by Gasteiger charge is 2.07. The zero-order chi connectivity index (χ0) is 12.4. The summed E-state index contributed by atoms with van der Waals surface area (Å²) < 4.78 is 0. The van der Waals surface area contributed by atoms with E-state index in [4.69, 9.17) is 0 Å². The molecule has 1 aromatic heterocycles. The molecule has 0 aliphatic carbocycles. The Bertz CT molecular complexity index is 644. The molecule has 0 saturated heterocycles. The second-order valence-electron chi connectivity index (χ2n) is 4.40. The van der Waals surface area contributed by atoms with Crippen molar-refractivity contribution in [2.75, 3.05) is 5.32 Å². The lowest BCUT2D eigenvalue weighted by molar-refractivity contribution is 0.810. The fourth-order valence-electron chi connectivity index (χ4n) is 2.11. The SMILES string of the molecule is CC(Nc1ccc2ccccc2c1)c1ncc[nH]1. The summed E-state index contributed by atoms with van der Waals surface area (Å²) in [6.45, 7) is 2.09. The maximum Gasteiger partial charge on any atom is 0.128 e. The van der Waals surface area contributed by atoms with Gasteiger partial charge in [0.1, 0.15) is 5.82 Å². The third kappa shape index (κ3) is 2.07. The molecular weight excluding hydrogens is 222 g/mol. The van der Waals surface area contributed by atoms with E-state index in [0.29, 0.717) is 0 Å². The normalized spacial score (nSPS) is 12.5. The van der Waals surface area contributed by atoms with Gasteiger partial charge in [-0.2, -0.15) is 0 Å². The number of rotatable bonds is 3. The van der Waals surface area contributed by atoms with Crippen molar-refractivity contribution in [3.63, 3.8) is 0 Å². The van der Waals surface area contributed by atoms with Crippen molar-refractivity contribution in [2.45, 2.75) is 13.0 Å². The standard InChI is InChI=1S/C15H15N3/c1-11(15-16-8-9-17-15)18-14-7-6-12-4-2-3-5-13(12)10-14/h2-11,18H,1H3,(H,16,17). The summed E-state index contributed by atoms with van der Waals surface area (Å²) in [6, 6.07) is 14.9. The van der Waals surface area contributed by atoms with Crippen molar-refractivity contribution in [3.8, 4) is 0 Å². The number of nitrogens with zero attached hydrogens (tertiary/aromatic N) is 1. The minimum atomic E-state index is 0.168. The van der Waals surface area contributed by atoms with Crippen LogP contribution in [0.4, 0.5) is 5.69 Å². The van der Waals surface area contributed by atoms with Gasteiger partial charge in [-0.1, -0.05) is 30.3 Å². The van der Waals surface area contributed by atoms with E-state index >= 15 is 0 Å². The summed E-state index contributed by atoms with van der Waals surface area (Å²) in [7, 11) is 0. The molecule has 3 nitrogen and oxygen atoms in total. The van der Waals surface area contributed by atoms with Gasteiger partial charge in [-0.25, -0.2) is 4.98 Å². The molecule has 1 heterocycles. The van der Waals surface area contributed by atoms with E-state index in [1.54, 1.807) is 6.20 Å². The molecule has 0 fully saturated rings. The molecule has 90 valence electrons. The molecule has 0 radical (unpaired) electrons. The number of aromatic amines is 1. The van der Waals surface area contributed by atoms with E-state index in [1.807, 2.05) is 6.20 Å². The van der Waals surface area contributed by atoms with E-state index in [9.17, 15) is 0 Å². The highest BCUT2D eigenvalue weighted by Crippen LogP contribution is 2.21. The van der Waals surface area contributed by atoms with Gasteiger partial charge >= 0.3 is 0 Å². The van der Waals surface area contributed by atoms with Crippen LogP contribution in [-0.2, 0) is 0 Å². The Morgan fingerprint density at radius 1 is 1.11 bits per heavy atom. The number of nitrogens with one attached hydrogen (secondary N) is 2. The van der Waals surface area contributed by atoms with Crippen LogP contribution < -0.4 is 5.32 Å². The minimum Gasteiger partial charge on any atom is -0.375 e. The molecule has 0 aliphatic heterocycles. The number of imidazole rings is 1. The van der Waals surface area contributed by atoms with Gasteiger partial charge in [0, 0.05) is 18.1 Å². The molecule has 0 amide bonds. The fourth-order valence-corrected chi connectivity index (χ4v) is 2.11. The van der Waals surface area contributed by atoms with E-state index in [-0.39, 0.29) is 6.04 Å². The predicted molar refractivity (Wildman–Crippen MR) is 74.6 cm³/mol. The molecule has 1 atom stereocenters. The molecule has 2 N–H and O–H groups in total. The monoisotopic (exact) mass is 237 g/mol. The summed E-state index contributed by atoms with van der Waals surface area (Å²) in [5, 5.41) is 5.95. The van der Waals surface area contributed by atoms with Crippen LogP contribution in [0.15, 0.2) is 54.9 Å². The Morgan fingerprint density at radius 2 is 1.94 bits per heavy atom. The topological polar surface area (TPSA) is 40.7 Å². The first-order valence-electron chi connectivity index (χ1n) is 6.07. The third-order valence-corrected chi connectivity index (χ3v) is 3.06. The summed E-state index contributed by atoms with van der Waals surface area (Å²) in [5.74, 6) is 0.947. The molecule has 18 heavy (non-hydrogen) atoms. The van der Waals surface area contributed by atoms with E-state index in [0.717, 1.165) is 11.5 Å². The average molecular weight is 237 g/mol. The largest absolute Gasteiger partial charge is 0.375 e. The third-order valence-electron chi connectivity index (χ3n) is 3.06. The van der Waals surface area contributed by atoms with E-state index < -0.39 is 0 Å². The number of hydrogen-bond donors (Lipinski definition) is 2. The molecule has 0 aliphatic rings. The highest BCUT2D eigenvalue weighted by atomic mass is 15.0. The fraction of sp³-hybridized carbons (Fsp3) is 0.133. The van der Waals surface area contributed by atoms with Crippen molar-refractivity contribution in [2.24, 2.45) is 0 Å². The second kappa shape index (κ2) is 4.53. The first-order valence-corrected chi connectivity index (χ1v) is 6.07. The smallest absolute Gasteiger partial charge is 0.128 e. The van der Waals surface area contributed by atoms with E-state index in [2.05, 4.69) is 64.7 Å². The summed E-state index contributed by atoms with van der Waals surface area (Å²) >= 11 is 0. The van der Waals surface area contributed by atoms with Gasteiger partial charge in [0.05, 0.1) is 6.04 Å². The molecule has 2 aromatic carbocycles. The van der Waals surface area contributed by atoms with Gasteiger partial charge in [-0.05, 0) is 29.8 Å². The van der Waals surface area contributed by atoms with Gasteiger partial charge in [0.25, 0.3) is 0 Å². The van der Waals surface area contributed by atoms with Crippen LogP contribution in [0.1, 0.15) is 18.8 Å².